The minimum Gasteiger partial charge on any atom is -0.389 e. The molecule has 92 valence electrons. The van der Waals surface area contributed by atoms with Gasteiger partial charge in [0.1, 0.15) is 4.99 Å². The van der Waals surface area contributed by atoms with E-state index in [1.165, 1.54) is 31.4 Å². The van der Waals surface area contributed by atoms with Crippen molar-refractivity contribution in [2.75, 3.05) is 6.54 Å². The summed E-state index contributed by atoms with van der Waals surface area (Å²) < 4.78 is 0. The van der Waals surface area contributed by atoms with Gasteiger partial charge in [-0.2, -0.15) is 0 Å². The van der Waals surface area contributed by atoms with Crippen molar-refractivity contribution >= 4 is 17.2 Å². The van der Waals surface area contributed by atoms with Crippen molar-refractivity contribution in [3.05, 3.63) is 35.4 Å². The number of benzene rings is 1. The van der Waals surface area contributed by atoms with Gasteiger partial charge in [-0.1, -0.05) is 43.4 Å². The van der Waals surface area contributed by atoms with Crippen molar-refractivity contribution in [3.8, 4) is 0 Å². The Balaban J connectivity index is 1.99. The van der Waals surface area contributed by atoms with Crippen molar-refractivity contribution in [1.82, 2.24) is 4.90 Å². The summed E-state index contributed by atoms with van der Waals surface area (Å²) in [7, 11) is 0. The zero-order chi connectivity index (χ0) is 12.3. The van der Waals surface area contributed by atoms with Crippen LogP contribution in [-0.4, -0.2) is 22.5 Å². The van der Waals surface area contributed by atoms with Crippen LogP contribution in [0.4, 0.5) is 0 Å². The Kier molecular flexibility index (Phi) is 4.13. The Hall–Kier alpha value is -0.930. The van der Waals surface area contributed by atoms with Crippen LogP contribution in [-0.2, 0) is 6.54 Å². The smallest absolute Gasteiger partial charge is 0.103 e. The second kappa shape index (κ2) is 5.61. The standard InChI is InChI=1S/C14H20N2S/c1-2-9-16(13-7-8-13)10-11-3-5-12(6-4-11)14(15)17/h3-6,13H,2,7-10H2,1H3,(H2,15,17). The van der Waals surface area contributed by atoms with Gasteiger partial charge in [0, 0.05) is 18.2 Å². The van der Waals surface area contributed by atoms with Gasteiger partial charge in [-0.05, 0) is 31.4 Å². The minimum absolute atomic E-state index is 0.476. The van der Waals surface area contributed by atoms with Gasteiger partial charge in [-0.3, -0.25) is 4.90 Å². The van der Waals surface area contributed by atoms with Crippen LogP contribution in [0.2, 0.25) is 0 Å². The Labute approximate surface area is 109 Å². The first kappa shape index (κ1) is 12.5. The van der Waals surface area contributed by atoms with Gasteiger partial charge in [0.05, 0.1) is 0 Å². The molecule has 2 N–H and O–H groups in total. The zero-order valence-corrected chi connectivity index (χ0v) is 11.2. The molecule has 2 rings (SSSR count). The molecule has 0 atom stereocenters. The quantitative estimate of drug-likeness (QED) is 0.785. The molecule has 1 aromatic carbocycles. The zero-order valence-electron chi connectivity index (χ0n) is 10.4. The van der Waals surface area contributed by atoms with Crippen LogP contribution in [0.25, 0.3) is 0 Å². The van der Waals surface area contributed by atoms with E-state index >= 15 is 0 Å². The van der Waals surface area contributed by atoms with Crippen molar-refractivity contribution < 1.29 is 0 Å². The highest BCUT2D eigenvalue weighted by Gasteiger charge is 2.27. The van der Waals surface area contributed by atoms with Gasteiger partial charge in [0.15, 0.2) is 0 Å². The predicted molar refractivity (Wildman–Crippen MR) is 76.1 cm³/mol. The molecule has 0 heterocycles. The summed E-state index contributed by atoms with van der Waals surface area (Å²) in [5.41, 5.74) is 7.90. The molecule has 3 heteroatoms. The molecule has 1 aliphatic rings. The highest BCUT2D eigenvalue weighted by molar-refractivity contribution is 7.80. The van der Waals surface area contributed by atoms with Crippen molar-refractivity contribution in [2.24, 2.45) is 5.73 Å². The first-order valence-electron chi connectivity index (χ1n) is 6.33. The number of rotatable bonds is 6. The first-order valence-corrected chi connectivity index (χ1v) is 6.74. The molecule has 17 heavy (non-hydrogen) atoms. The number of hydrogen-bond donors (Lipinski definition) is 1. The Morgan fingerprint density at radius 1 is 1.35 bits per heavy atom. The molecule has 0 saturated heterocycles. The third-order valence-electron chi connectivity index (χ3n) is 3.20. The summed E-state index contributed by atoms with van der Waals surface area (Å²) in [5, 5.41) is 0. The molecule has 1 fully saturated rings. The Morgan fingerprint density at radius 3 is 2.47 bits per heavy atom. The van der Waals surface area contributed by atoms with Gasteiger partial charge < -0.3 is 5.73 Å². The lowest BCUT2D eigenvalue weighted by atomic mass is 10.1. The Bertz CT molecular complexity index is 382. The summed E-state index contributed by atoms with van der Waals surface area (Å²) >= 11 is 4.95. The van der Waals surface area contributed by atoms with E-state index in [2.05, 4.69) is 24.0 Å². The van der Waals surface area contributed by atoms with E-state index in [4.69, 9.17) is 18.0 Å². The molecular weight excluding hydrogens is 228 g/mol. The fourth-order valence-electron chi connectivity index (χ4n) is 2.13. The largest absolute Gasteiger partial charge is 0.389 e. The topological polar surface area (TPSA) is 29.3 Å². The van der Waals surface area contributed by atoms with E-state index in [1.54, 1.807) is 0 Å². The predicted octanol–water partition coefficient (Wildman–Crippen LogP) is 2.70. The van der Waals surface area contributed by atoms with Crippen LogP contribution in [0.15, 0.2) is 24.3 Å². The second-order valence-corrected chi connectivity index (χ2v) is 5.20. The minimum atomic E-state index is 0.476. The fourth-order valence-corrected chi connectivity index (χ4v) is 2.26. The van der Waals surface area contributed by atoms with Crippen molar-refractivity contribution in [3.63, 3.8) is 0 Å². The molecule has 1 aromatic rings. The number of nitrogens with zero attached hydrogens (tertiary/aromatic N) is 1. The normalized spacial score (nSPS) is 15.2. The number of hydrogen-bond acceptors (Lipinski definition) is 2. The lowest BCUT2D eigenvalue weighted by Gasteiger charge is -2.21. The van der Waals surface area contributed by atoms with Gasteiger partial charge in [0.2, 0.25) is 0 Å². The average molecular weight is 248 g/mol. The highest BCUT2D eigenvalue weighted by Crippen LogP contribution is 2.28. The van der Waals surface area contributed by atoms with Gasteiger partial charge in [-0.25, -0.2) is 0 Å². The lowest BCUT2D eigenvalue weighted by Crippen LogP contribution is -2.26. The van der Waals surface area contributed by atoms with Gasteiger partial charge in [-0.15, -0.1) is 0 Å². The molecule has 0 bridgehead atoms. The molecule has 0 amide bonds. The highest BCUT2D eigenvalue weighted by atomic mass is 32.1. The van der Waals surface area contributed by atoms with Crippen LogP contribution in [0.1, 0.15) is 37.3 Å². The summed E-state index contributed by atoms with van der Waals surface area (Å²) in [5.74, 6) is 0. The second-order valence-electron chi connectivity index (χ2n) is 4.76. The van der Waals surface area contributed by atoms with Gasteiger partial charge in [0.25, 0.3) is 0 Å². The molecule has 0 aliphatic heterocycles. The maximum atomic E-state index is 5.59. The molecule has 0 spiro atoms. The summed E-state index contributed by atoms with van der Waals surface area (Å²) in [4.78, 5) is 3.06. The average Bonchev–Trinajstić information content (AvgIpc) is 3.13. The first-order chi connectivity index (χ1) is 8.20. The molecule has 1 saturated carbocycles. The lowest BCUT2D eigenvalue weighted by molar-refractivity contribution is 0.255. The maximum absolute atomic E-state index is 5.59. The SMILES string of the molecule is CCCN(Cc1ccc(C(N)=S)cc1)C1CC1. The Morgan fingerprint density at radius 2 is 2.00 bits per heavy atom. The third-order valence-corrected chi connectivity index (χ3v) is 3.43. The van der Waals surface area contributed by atoms with E-state index in [0.717, 1.165) is 18.2 Å². The molecule has 0 aromatic heterocycles. The van der Waals surface area contributed by atoms with E-state index in [9.17, 15) is 0 Å². The molecule has 0 radical (unpaired) electrons. The van der Waals surface area contributed by atoms with E-state index in [0.29, 0.717) is 4.99 Å². The number of nitrogens with two attached hydrogens (primary N) is 1. The van der Waals surface area contributed by atoms with Crippen LogP contribution in [0.3, 0.4) is 0 Å². The van der Waals surface area contributed by atoms with Crippen LogP contribution in [0, 0.1) is 0 Å². The van der Waals surface area contributed by atoms with Crippen molar-refractivity contribution in [2.45, 2.75) is 38.8 Å². The van der Waals surface area contributed by atoms with E-state index in [-0.39, 0.29) is 0 Å². The fraction of sp³-hybridized carbons (Fsp3) is 0.500. The van der Waals surface area contributed by atoms with Crippen molar-refractivity contribution in [1.29, 1.82) is 0 Å². The maximum Gasteiger partial charge on any atom is 0.103 e. The molecule has 2 nitrogen and oxygen atoms in total. The third kappa shape index (κ3) is 3.51. The molecule has 0 unspecified atom stereocenters. The van der Waals surface area contributed by atoms with Crippen LogP contribution < -0.4 is 5.73 Å². The van der Waals surface area contributed by atoms with E-state index < -0.39 is 0 Å². The van der Waals surface area contributed by atoms with Gasteiger partial charge >= 0.3 is 0 Å². The number of thiocarbonyl (C=S) groups is 1. The van der Waals surface area contributed by atoms with E-state index in [1.807, 2.05) is 12.1 Å². The summed E-state index contributed by atoms with van der Waals surface area (Å²) in [6, 6.07) is 9.15. The molecule has 1 aliphatic carbocycles. The van der Waals surface area contributed by atoms with Crippen LogP contribution in [0.5, 0.6) is 0 Å². The summed E-state index contributed by atoms with van der Waals surface area (Å²) in [6.07, 6.45) is 3.96. The molecular formula is C14H20N2S. The summed E-state index contributed by atoms with van der Waals surface area (Å²) in [6.45, 7) is 4.49. The van der Waals surface area contributed by atoms with Crippen LogP contribution >= 0.6 is 12.2 Å². The monoisotopic (exact) mass is 248 g/mol.